The number of rotatable bonds is 5. The number of hydrogen-bond acceptors (Lipinski definition) is 4. The fourth-order valence-corrected chi connectivity index (χ4v) is 1.27. The molecule has 0 bridgehead atoms. The van der Waals surface area contributed by atoms with Crippen molar-refractivity contribution in [1.29, 1.82) is 0 Å². The van der Waals surface area contributed by atoms with Crippen LogP contribution in [-0.4, -0.2) is 48.0 Å². The van der Waals surface area contributed by atoms with Crippen LogP contribution in [0.4, 0.5) is 0 Å². The van der Waals surface area contributed by atoms with Gasteiger partial charge in [0.2, 0.25) is 5.91 Å². The minimum atomic E-state index is -0.895. The average Bonchev–Trinajstić information content (AvgIpc) is 2.11. The summed E-state index contributed by atoms with van der Waals surface area (Å²) >= 11 is 0. The molecule has 0 aromatic rings. The van der Waals surface area contributed by atoms with Crippen molar-refractivity contribution in [1.82, 2.24) is 10.6 Å². The highest BCUT2D eigenvalue weighted by atomic mass is 16.3. The van der Waals surface area contributed by atoms with Crippen LogP contribution in [0.25, 0.3) is 0 Å². The number of amides is 1. The molecule has 0 atom stereocenters. The molecule has 0 unspecified atom stereocenters. The maximum atomic E-state index is 11.4. The summed E-state index contributed by atoms with van der Waals surface area (Å²) in [6.07, 6.45) is 0.461. The van der Waals surface area contributed by atoms with Crippen molar-refractivity contribution >= 4 is 5.91 Å². The normalized spacial score (nSPS) is 17.6. The van der Waals surface area contributed by atoms with Gasteiger partial charge >= 0.3 is 0 Å². The van der Waals surface area contributed by atoms with Crippen LogP contribution in [0.1, 0.15) is 13.3 Å². The van der Waals surface area contributed by atoms with Gasteiger partial charge in [0, 0.05) is 6.42 Å². The molecule has 5 heteroatoms. The molecule has 0 aliphatic carbocycles. The third kappa shape index (κ3) is 2.94. The molecule has 1 rings (SSSR count). The van der Waals surface area contributed by atoms with Crippen molar-refractivity contribution < 1.29 is 15.0 Å². The highest BCUT2D eigenvalue weighted by molar-refractivity contribution is 5.77. The van der Waals surface area contributed by atoms with Crippen molar-refractivity contribution in [2.45, 2.75) is 18.9 Å². The zero-order valence-corrected chi connectivity index (χ0v) is 8.42. The molecular formula is C9H18N2O3. The predicted molar refractivity (Wildman–Crippen MR) is 51.7 cm³/mol. The zero-order chi connectivity index (χ0) is 10.6. The Balaban J connectivity index is 2.30. The fourth-order valence-electron chi connectivity index (χ4n) is 1.27. The summed E-state index contributed by atoms with van der Waals surface area (Å²) in [5.74, 6) is 0.290. The number of carbonyl (C=O) groups is 1. The van der Waals surface area contributed by atoms with Crippen molar-refractivity contribution in [2.75, 3.05) is 26.3 Å². The topological polar surface area (TPSA) is 81.6 Å². The van der Waals surface area contributed by atoms with Crippen LogP contribution >= 0.6 is 0 Å². The van der Waals surface area contributed by atoms with Crippen molar-refractivity contribution in [3.8, 4) is 0 Å². The van der Waals surface area contributed by atoms with Crippen LogP contribution in [0.2, 0.25) is 0 Å². The van der Waals surface area contributed by atoms with E-state index >= 15 is 0 Å². The van der Waals surface area contributed by atoms with Gasteiger partial charge in [-0.25, -0.2) is 0 Å². The molecule has 0 saturated carbocycles. The summed E-state index contributed by atoms with van der Waals surface area (Å²) in [6, 6.07) is 0. The molecule has 0 spiro atoms. The number of nitrogens with one attached hydrogen (secondary N) is 2. The fraction of sp³-hybridized carbons (Fsp3) is 0.889. The van der Waals surface area contributed by atoms with E-state index in [1.807, 2.05) is 0 Å². The minimum Gasteiger partial charge on any atom is -0.394 e. The molecule has 1 aliphatic heterocycles. The molecule has 14 heavy (non-hydrogen) atoms. The maximum absolute atomic E-state index is 11.4. The Morgan fingerprint density at radius 3 is 2.43 bits per heavy atom. The number of hydrogen-bond donors (Lipinski definition) is 4. The number of carbonyl (C=O) groups excluding carboxylic acids is 1. The third-order valence-electron chi connectivity index (χ3n) is 2.48. The van der Waals surface area contributed by atoms with E-state index in [2.05, 4.69) is 10.6 Å². The molecule has 1 aliphatic rings. The first-order chi connectivity index (χ1) is 6.59. The second-order valence-electron chi connectivity index (χ2n) is 4.15. The Hall–Kier alpha value is -0.650. The summed E-state index contributed by atoms with van der Waals surface area (Å²) in [5.41, 5.74) is -0.895. The van der Waals surface area contributed by atoms with Crippen LogP contribution in [0.15, 0.2) is 0 Å². The zero-order valence-electron chi connectivity index (χ0n) is 8.42. The highest BCUT2D eigenvalue weighted by Gasteiger charge is 2.27. The van der Waals surface area contributed by atoms with Gasteiger partial charge in [-0.05, 0) is 25.9 Å². The van der Waals surface area contributed by atoms with E-state index in [4.69, 9.17) is 10.2 Å². The van der Waals surface area contributed by atoms with E-state index in [0.717, 1.165) is 13.1 Å². The SMILES string of the molecule is CC(CO)(CO)NC(=O)CC1CNC1. The molecule has 1 saturated heterocycles. The van der Waals surface area contributed by atoms with E-state index in [-0.39, 0.29) is 19.1 Å². The van der Waals surface area contributed by atoms with Crippen LogP contribution in [0, 0.1) is 5.92 Å². The van der Waals surface area contributed by atoms with Crippen LogP contribution in [0.5, 0.6) is 0 Å². The van der Waals surface area contributed by atoms with Gasteiger partial charge in [-0.3, -0.25) is 4.79 Å². The van der Waals surface area contributed by atoms with E-state index < -0.39 is 5.54 Å². The first-order valence-corrected chi connectivity index (χ1v) is 4.83. The lowest BCUT2D eigenvalue weighted by Crippen LogP contribution is -2.53. The standard InChI is InChI=1S/C9H18N2O3/c1-9(5-12,6-13)11-8(14)2-7-3-10-4-7/h7,10,12-13H,2-6H2,1H3,(H,11,14). The van der Waals surface area contributed by atoms with Gasteiger partial charge < -0.3 is 20.8 Å². The Morgan fingerprint density at radius 1 is 1.50 bits per heavy atom. The average molecular weight is 202 g/mol. The lowest BCUT2D eigenvalue weighted by atomic mass is 9.97. The monoisotopic (exact) mass is 202 g/mol. The lowest BCUT2D eigenvalue weighted by molar-refractivity contribution is -0.125. The molecule has 1 heterocycles. The van der Waals surface area contributed by atoms with Crippen molar-refractivity contribution in [3.05, 3.63) is 0 Å². The van der Waals surface area contributed by atoms with Gasteiger partial charge in [-0.1, -0.05) is 0 Å². The Kier molecular flexibility index (Phi) is 3.86. The third-order valence-corrected chi connectivity index (χ3v) is 2.48. The van der Waals surface area contributed by atoms with Crippen LogP contribution < -0.4 is 10.6 Å². The van der Waals surface area contributed by atoms with E-state index in [9.17, 15) is 4.79 Å². The minimum absolute atomic E-state index is 0.109. The molecule has 0 aromatic carbocycles. The first-order valence-electron chi connectivity index (χ1n) is 4.83. The summed E-state index contributed by atoms with van der Waals surface area (Å²) < 4.78 is 0. The Bertz CT molecular complexity index is 200. The number of aliphatic hydroxyl groups is 2. The molecule has 82 valence electrons. The molecule has 5 nitrogen and oxygen atoms in total. The molecule has 1 amide bonds. The molecule has 1 fully saturated rings. The molecule has 0 radical (unpaired) electrons. The van der Waals surface area contributed by atoms with Gasteiger partial charge in [-0.15, -0.1) is 0 Å². The van der Waals surface area contributed by atoms with E-state index in [0.29, 0.717) is 12.3 Å². The second kappa shape index (κ2) is 4.72. The van der Waals surface area contributed by atoms with E-state index in [1.54, 1.807) is 6.92 Å². The van der Waals surface area contributed by atoms with E-state index in [1.165, 1.54) is 0 Å². The Labute approximate surface area is 83.5 Å². The first kappa shape index (κ1) is 11.4. The van der Waals surface area contributed by atoms with Gasteiger partial charge in [0.25, 0.3) is 0 Å². The molecule has 0 aromatic heterocycles. The van der Waals surface area contributed by atoms with Gasteiger partial charge in [0.15, 0.2) is 0 Å². The van der Waals surface area contributed by atoms with Gasteiger partial charge in [-0.2, -0.15) is 0 Å². The molecule has 4 N–H and O–H groups in total. The summed E-state index contributed by atoms with van der Waals surface area (Å²) in [4.78, 5) is 11.4. The summed E-state index contributed by atoms with van der Waals surface area (Å²) in [6.45, 7) is 2.87. The Morgan fingerprint density at radius 2 is 2.07 bits per heavy atom. The van der Waals surface area contributed by atoms with Crippen LogP contribution in [0.3, 0.4) is 0 Å². The van der Waals surface area contributed by atoms with Crippen molar-refractivity contribution in [3.63, 3.8) is 0 Å². The predicted octanol–water partition coefficient (Wildman–Crippen LogP) is -1.54. The lowest BCUT2D eigenvalue weighted by Gasteiger charge is -2.30. The highest BCUT2D eigenvalue weighted by Crippen LogP contribution is 2.09. The van der Waals surface area contributed by atoms with Crippen molar-refractivity contribution in [2.24, 2.45) is 5.92 Å². The summed E-state index contributed by atoms with van der Waals surface area (Å²) in [5, 5.41) is 23.6. The quantitative estimate of drug-likeness (QED) is 0.435. The smallest absolute Gasteiger partial charge is 0.220 e. The summed E-state index contributed by atoms with van der Waals surface area (Å²) in [7, 11) is 0. The van der Waals surface area contributed by atoms with Gasteiger partial charge in [0.05, 0.1) is 18.8 Å². The second-order valence-corrected chi connectivity index (χ2v) is 4.15. The maximum Gasteiger partial charge on any atom is 0.220 e. The molecular weight excluding hydrogens is 184 g/mol. The van der Waals surface area contributed by atoms with Gasteiger partial charge in [0.1, 0.15) is 0 Å². The van der Waals surface area contributed by atoms with Crippen LogP contribution in [-0.2, 0) is 4.79 Å². The number of aliphatic hydroxyl groups excluding tert-OH is 2. The largest absolute Gasteiger partial charge is 0.394 e.